The van der Waals surface area contributed by atoms with E-state index in [9.17, 15) is 4.79 Å². The first-order valence-corrected chi connectivity index (χ1v) is 6.70. The fraction of sp³-hybridized carbons (Fsp3) is 0.250. The van der Waals surface area contributed by atoms with Gasteiger partial charge in [-0.3, -0.25) is 9.78 Å². The van der Waals surface area contributed by atoms with E-state index in [1.807, 2.05) is 43.3 Å². The van der Waals surface area contributed by atoms with Crippen LogP contribution in [0.15, 0.2) is 48.8 Å². The van der Waals surface area contributed by atoms with Gasteiger partial charge in [-0.25, -0.2) is 0 Å². The number of aromatic nitrogens is 1. The van der Waals surface area contributed by atoms with Crippen LogP contribution in [0.2, 0.25) is 0 Å². The molecule has 20 heavy (non-hydrogen) atoms. The number of pyridine rings is 1. The van der Waals surface area contributed by atoms with Crippen LogP contribution in [0, 0.1) is 6.92 Å². The SMILES string of the molecule is Cc1ccc(NC(=O)CNCCc2ccncc2)cc1. The molecule has 1 amide bonds. The molecule has 0 saturated carbocycles. The minimum Gasteiger partial charge on any atom is -0.325 e. The molecule has 0 aliphatic rings. The maximum atomic E-state index is 11.7. The van der Waals surface area contributed by atoms with E-state index in [1.54, 1.807) is 12.4 Å². The standard InChI is InChI=1S/C16H19N3O/c1-13-2-4-15(5-3-13)19-16(20)12-18-11-8-14-6-9-17-10-7-14/h2-7,9-10,18H,8,11-12H2,1H3,(H,19,20). The highest BCUT2D eigenvalue weighted by Crippen LogP contribution is 2.07. The normalized spacial score (nSPS) is 10.2. The lowest BCUT2D eigenvalue weighted by atomic mass is 10.2. The topological polar surface area (TPSA) is 54.0 Å². The van der Waals surface area contributed by atoms with Gasteiger partial charge in [-0.2, -0.15) is 0 Å². The fourth-order valence-corrected chi connectivity index (χ4v) is 1.83. The molecule has 1 aromatic carbocycles. The minimum absolute atomic E-state index is 0.0245. The molecular weight excluding hydrogens is 250 g/mol. The quantitative estimate of drug-likeness (QED) is 0.790. The molecule has 2 rings (SSSR count). The number of carbonyl (C=O) groups excluding carboxylic acids is 1. The zero-order chi connectivity index (χ0) is 14.2. The first-order chi connectivity index (χ1) is 9.74. The largest absolute Gasteiger partial charge is 0.325 e. The Hall–Kier alpha value is -2.20. The van der Waals surface area contributed by atoms with E-state index in [-0.39, 0.29) is 5.91 Å². The Morgan fingerprint density at radius 3 is 2.50 bits per heavy atom. The molecule has 0 atom stereocenters. The van der Waals surface area contributed by atoms with Crippen LogP contribution in [-0.2, 0) is 11.2 Å². The molecular formula is C16H19N3O. The van der Waals surface area contributed by atoms with Crippen LogP contribution in [0.1, 0.15) is 11.1 Å². The van der Waals surface area contributed by atoms with Crippen LogP contribution in [0.3, 0.4) is 0 Å². The molecule has 0 saturated heterocycles. The van der Waals surface area contributed by atoms with Crippen molar-refractivity contribution in [2.75, 3.05) is 18.4 Å². The molecule has 104 valence electrons. The Morgan fingerprint density at radius 2 is 1.80 bits per heavy atom. The number of hydrogen-bond donors (Lipinski definition) is 2. The third kappa shape index (κ3) is 4.82. The van der Waals surface area contributed by atoms with Crippen molar-refractivity contribution in [2.24, 2.45) is 0 Å². The molecule has 1 aromatic heterocycles. The zero-order valence-electron chi connectivity index (χ0n) is 11.6. The van der Waals surface area contributed by atoms with Crippen molar-refractivity contribution in [2.45, 2.75) is 13.3 Å². The summed E-state index contributed by atoms with van der Waals surface area (Å²) < 4.78 is 0. The van der Waals surface area contributed by atoms with Gasteiger partial charge in [-0.15, -0.1) is 0 Å². The lowest BCUT2D eigenvalue weighted by Crippen LogP contribution is -2.29. The number of hydrogen-bond acceptors (Lipinski definition) is 3. The zero-order valence-corrected chi connectivity index (χ0v) is 11.6. The summed E-state index contributed by atoms with van der Waals surface area (Å²) >= 11 is 0. The molecule has 0 bridgehead atoms. The lowest BCUT2D eigenvalue weighted by molar-refractivity contribution is -0.115. The molecule has 2 N–H and O–H groups in total. The second kappa shape index (κ2) is 7.40. The van der Waals surface area contributed by atoms with Crippen molar-refractivity contribution >= 4 is 11.6 Å². The van der Waals surface area contributed by atoms with E-state index < -0.39 is 0 Å². The molecule has 4 heteroatoms. The second-order valence-electron chi connectivity index (χ2n) is 4.70. The van der Waals surface area contributed by atoms with Gasteiger partial charge in [0.15, 0.2) is 0 Å². The van der Waals surface area contributed by atoms with Crippen LogP contribution >= 0.6 is 0 Å². The van der Waals surface area contributed by atoms with Crippen molar-refractivity contribution in [3.05, 3.63) is 59.9 Å². The first kappa shape index (κ1) is 14.2. The summed E-state index contributed by atoms with van der Waals surface area (Å²) in [6.07, 6.45) is 4.44. The number of carbonyl (C=O) groups is 1. The monoisotopic (exact) mass is 269 g/mol. The van der Waals surface area contributed by atoms with Gasteiger partial charge in [0.25, 0.3) is 0 Å². The average molecular weight is 269 g/mol. The van der Waals surface area contributed by atoms with Crippen LogP contribution in [-0.4, -0.2) is 24.0 Å². The smallest absolute Gasteiger partial charge is 0.238 e. The molecule has 0 fully saturated rings. The number of amides is 1. The third-order valence-electron chi connectivity index (χ3n) is 2.96. The van der Waals surface area contributed by atoms with Crippen LogP contribution in [0.25, 0.3) is 0 Å². The van der Waals surface area contributed by atoms with Gasteiger partial charge >= 0.3 is 0 Å². The maximum Gasteiger partial charge on any atom is 0.238 e. The third-order valence-corrected chi connectivity index (χ3v) is 2.96. The molecule has 0 spiro atoms. The molecule has 0 unspecified atom stereocenters. The Balaban J connectivity index is 1.66. The van der Waals surface area contributed by atoms with Gasteiger partial charge in [0.1, 0.15) is 0 Å². The van der Waals surface area contributed by atoms with Gasteiger partial charge in [0.2, 0.25) is 5.91 Å². The van der Waals surface area contributed by atoms with Crippen molar-refractivity contribution in [3.63, 3.8) is 0 Å². The number of benzene rings is 1. The molecule has 4 nitrogen and oxygen atoms in total. The summed E-state index contributed by atoms with van der Waals surface area (Å²) in [7, 11) is 0. The highest BCUT2D eigenvalue weighted by molar-refractivity contribution is 5.92. The molecule has 2 aromatic rings. The first-order valence-electron chi connectivity index (χ1n) is 6.70. The molecule has 0 aliphatic carbocycles. The van der Waals surface area contributed by atoms with Gasteiger partial charge < -0.3 is 10.6 Å². The van der Waals surface area contributed by atoms with Gasteiger partial charge in [-0.1, -0.05) is 17.7 Å². The summed E-state index contributed by atoms with van der Waals surface area (Å²) in [5.41, 5.74) is 3.22. The van der Waals surface area contributed by atoms with E-state index >= 15 is 0 Å². The Labute approximate surface area is 119 Å². The van der Waals surface area contributed by atoms with Crippen molar-refractivity contribution in [3.8, 4) is 0 Å². The Morgan fingerprint density at radius 1 is 1.10 bits per heavy atom. The van der Waals surface area contributed by atoms with E-state index in [0.29, 0.717) is 6.54 Å². The van der Waals surface area contributed by atoms with E-state index in [2.05, 4.69) is 15.6 Å². The highest BCUT2D eigenvalue weighted by atomic mass is 16.1. The predicted octanol–water partition coefficient (Wildman–Crippen LogP) is 2.16. The van der Waals surface area contributed by atoms with Crippen LogP contribution < -0.4 is 10.6 Å². The number of anilines is 1. The number of aryl methyl sites for hydroxylation is 1. The number of nitrogens with one attached hydrogen (secondary N) is 2. The lowest BCUT2D eigenvalue weighted by Gasteiger charge is -2.07. The van der Waals surface area contributed by atoms with Crippen LogP contribution in [0.4, 0.5) is 5.69 Å². The van der Waals surface area contributed by atoms with E-state index in [1.165, 1.54) is 11.1 Å². The molecule has 0 radical (unpaired) electrons. The number of rotatable bonds is 6. The summed E-state index contributed by atoms with van der Waals surface area (Å²) in [6.45, 7) is 3.11. The van der Waals surface area contributed by atoms with Gasteiger partial charge in [0.05, 0.1) is 6.54 Å². The number of nitrogens with zero attached hydrogens (tertiary/aromatic N) is 1. The fourth-order valence-electron chi connectivity index (χ4n) is 1.83. The molecule has 0 aliphatic heterocycles. The van der Waals surface area contributed by atoms with Crippen molar-refractivity contribution in [1.82, 2.24) is 10.3 Å². The predicted molar refractivity (Wildman–Crippen MR) is 80.6 cm³/mol. The second-order valence-corrected chi connectivity index (χ2v) is 4.70. The maximum absolute atomic E-state index is 11.7. The molecule has 1 heterocycles. The highest BCUT2D eigenvalue weighted by Gasteiger charge is 2.01. The van der Waals surface area contributed by atoms with Crippen molar-refractivity contribution < 1.29 is 4.79 Å². The Bertz CT molecular complexity index is 537. The Kier molecular flexibility index (Phi) is 5.26. The summed E-state index contributed by atoms with van der Waals surface area (Å²) in [5, 5.41) is 5.99. The van der Waals surface area contributed by atoms with E-state index in [0.717, 1.165) is 18.7 Å². The van der Waals surface area contributed by atoms with Crippen LogP contribution in [0.5, 0.6) is 0 Å². The van der Waals surface area contributed by atoms with Crippen molar-refractivity contribution in [1.29, 1.82) is 0 Å². The van der Waals surface area contributed by atoms with Gasteiger partial charge in [-0.05, 0) is 49.7 Å². The average Bonchev–Trinajstić information content (AvgIpc) is 2.47. The summed E-state index contributed by atoms with van der Waals surface area (Å²) in [6, 6.07) is 11.7. The minimum atomic E-state index is -0.0245. The van der Waals surface area contributed by atoms with E-state index in [4.69, 9.17) is 0 Å². The summed E-state index contributed by atoms with van der Waals surface area (Å²) in [5.74, 6) is -0.0245. The summed E-state index contributed by atoms with van der Waals surface area (Å²) in [4.78, 5) is 15.7. The van der Waals surface area contributed by atoms with Gasteiger partial charge in [0, 0.05) is 18.1 Å².